The molecule has 0 nitrogen and oxygen atoms in total. The van der Waals surface area contributed by atoms with Gasteiger partial charge in [0.15, 0.2) is 0 Å². The van der Waals surface area contributed by atoms with Crippen LogP contribution in [0.3, 0.4) is 0 Å². The molecule has 0 bridgehead atoms. The van der Waals surface area contributed by atoms with Gasteiger partial charge in [-0.2, -0.15) is 0 Å². The van der Waals surface area contributed by atoms with Gasteiger partial charge in [-0.15, -0.1) is 33.2 Å². The van der Waals surface area contributed by atoms with Crippen LogP contribution in [0.4, 0.5) is 0 Å². The van der Waals surface area contributed by atoms with Crippen LogP contribution in [0.25, 0.3) is 0 Å². The Bertz CT molecular complexity index is 111. The molecule has 0 aromatic heterocycles. The SMILES string of the molecule is CCCC[C@@H](CC)C[Si](Cl)(Cl)Cl. The second kappa shape index (κ2) is 6.53. The van der Waals surface area contributed by atoms with Crippen molar-refractivity contribution in [2.45, 2.75) is 45.6 Å². The monoisotopic (exact) mass is 246 g/mol. The van der Waals surface area contributed by atoms with E-state index >= 15 is 0 Å². The summed E-state index contributed by atoms with van der Waals surface area (Å²) in [4.78, 5) is 0. The Kier molecular flexibility index (Phi) is 7.12. The van der Waals surface area contributed by atoms with Crippen molar-refractivity contribution < 1.29 is 0 Å². The third-order valence-electron chi connectivity index (χ3n) is 2.06. The first-order valence-corrected chi connectivity index (χ1v) is 9.80. The van der Waals surface area contributed by atoms with E-state index < -0.39 is 6.00 Å². The minimum absolute atomic E-state index is 0.629. The molecular weight excluding hydrogens is 231 g/mol. The lowest BCUT2D eigenvalue weighted by Gasteiger charge is -2.17. The number of rotatable bonds is 6. The lowest BCUT2D eigenvalue weighted by Crippen LogP contribution is -2.15. The minimum Gasteiger partial charge on any atom is -0.126 e. The quantitative estimate of drug-likeness (QED) is 0.465. The first kappa shape index (κ1) is 13.1. The highest BCUT2D eigenvalue weighted by Crippen LogP contribution is 2.32. The van der Waals surface area contributed by atoms with E-state index in [0.29, 0.717) is 5.92 Å². The predicted molar refractivity (Wildman–Crippen MR) is 61.4 cm³/mol. The first-order valence-electron chi connectivity index (χ1n) is 4.56. The van der Waals surface area contributed by atoms with Gasteiger partial charge in [0.05, 0.1) is 0 Å². The zero-order valence-corrected chi connectivity index (χ0v) is 11.0. The van der Waals surface area contributed by atoms with Crippen molar-refractivity contribution >= 4 is 39.2 Å². The third kappa shape index (κ3) is 7.72. The molecule has 0 rings (SSSR count). The van der Waals surface area contributed by atoms with E-state index in [4.69, 9.17) is 33.2 Å². The Hall–Kier alpha value is 1.09. The highest BCUT2D eigenvalue weighted by Gasteiger charge is 2.28. The molecule has 0 amide bonds. The molecule has 0 aliphatic heterocycles. The number of unbranched alkanes of at least 4 members (excludes halogenated alkanes) is 1. The van der Waals surface area contributed by atoms with Gasteiger partial charge in [0.2, 0.25) is 0 Å². The average molecular weight is 248 g/mol. The number of halogens is 3. The van der Waals surface area contributed by atoms with Gasteiger partial charge in [0, 0.05) is 0 Å². The van der Waals surface area contributed by atoms with E-state index in [1.807, 2.05) is 0 Å². The fraction of sp³-hybridized carbons (Fsp3) is 1.00. The van der Waals surface area contributed by atoms with E-state index in [1.54, 1.807) is 0 Å². The van der Waals surface area contributed by atoms with Gasteiger partial charge >= 0.3 is 6.00 Å². The van der Waals surface area contributed by atoms with E-state index in [9.17, 15) is 0 Å². The van der Waals surface area contributed by atoms with Crippen molar-refractivity contribution in [2.75, 3.05) is 0 Å². The summed E-state index contributed by atoms with van der Waals surface area (Å²) >= 11 is 17.6. The topological polar surface area (TPSA) is 0 Å². The molecule has 0 aromatic carbocycles. The summed E-state index contributed by atoms with van der Waals surface area (Å²) in [6.45, 7) is 4.37. The van der Waals surface area contributed by atoms with Gasteiger partial charge in [-0.05, 0) is 12.0 Å². The molecule has 1 atom stereocenters. The molecule has 0 radical (unpaired) electrons. The highest BCUT2D eigenvalue weighted by molar-refractivity contribution is 7.64. The fourth-order valence-corrected chi connectivity index (χ4v) is 4.38. The lowest BCUT2D eigenvalue weighted by molar-refractivity contribution is 0.490. The molecular formula is C8H17Cl3Si. The van der Waals surface area contributed by atoms with Crippen LogP contribution in [-0.4, -0.2) is 6.00 Å². The van der Waals surface area contributed by atoms with Crippen LogP contribution in [-0.2, 0) is 0 Å². The molecule has 0 saturated heterocycles. The molecule has 0 saturated carbocycles. The minimum atomic E-state index is -2.37. The summed E-state index contributed by atoms with van der Waals surface area (Å²) in [6.07, 6.45) is 4.85. The molecule has 0 N–H and O–H groups in total. The van der Waals surface area contributed by atoms with Crippen molar-refractivity contribution in [2.24, 2.45) is 5.92 Å². The van der Waals surface area contributed by atoms with Crippen LogP contribution < -0.4 is 0 Å². The van der Waals surface area contributed by atoms with Crippen molar-refractivity contribution in [3.8, 4) is 0 Å². The van der Waals surface area contributed by atoms with Crippen LogP contribution in [0.1, 0.15) is 39.5 Å². The summed E-state index contributed by atoms with van der Waals surface area (Å²) in [5, 5.41) is 0. The van der Waals surface area contributed by atoms with E-state index in [-0.39, 0.29) is 0 Å². The Balaban J connectivity index is 3.67. The molecule has 0 aromatic rings. The van der Waals surface area contributed by atoms with E-state index in [2.05, 4.69) is 13.8 Å². The Morgan fingerprint density at radius 2 is 1.75 bits per heavy atom. The maximum atomic E-state index is 5.86. The molecule has 0 fully saturated rings. The summed E-state index contributed by atoms with van der Waals surface area (Å²) in [7, 11) is 0. The van der Waals surface area contributed by atoms with Gasteiger partial charge in [0.1, 0.15) is 0 Å². The number of hydrogen-bond acceptors (Lipinski definition) is 0. The summed E-state index contributed by atoms with van der Waals surface area (Å²) in [5.74, 6) is 0.629. The molecule has 12 heavy (non-hydrogen) atoms. The maximum Gasteiger partial charge on any atom is 0.341 e. The van der Waals surface area contributed by atoms with Gasteiger partial charge in [-0.1, -0.05) is 39.5 Å². The Morgan fingerprint density at radius 1 is 1.17 bits per heavy atom. The molecule has 74 valence electrons. The second-order valence-electron chi connectivity index (χ2n) is 3.24. The maximum absolute atomic E-state index is 5.86. The second-order valence-corrected chi connectivity index (χ2v) is 12.4. The van der Waals surface area contributed by atoms with Crippen molar-refractivity contribution in [3.63, 3.8) is 0 Å². The molecule has 0 aliphatic carbocycles. The first-order chi connectivity index (χ1) is 5.49. The zero-order valence-electron chi connectivity index (χ0n) is 7.75. The summed E-state index contributed by atoms with van der Waals surface area (Å²) in [5.41, 5.74) is 0. The lowest BCUT2D eigenvalue weighted by atomic mass is 10.0. The smallest absolute Gasteiger partial charge is 0.126 e. The normalized spacial score (nSPS) is 14.8. The van der Waals surface area contributed by atoms with Crippen LogP contribution in [0.15, 0.2) is 0 Å². The average Bonchev–Trinajstić information content (AvgIpc) is 1.95. The van der Waals surface area contributed by atoms with Crippen LogP contribution in [0, 0.1) is 5.92 Å². The fourth-order valence-electron chi connectivity index (χ4n) is 1.27. The Morgan fingerprint density at radius 3 is 2.08 bits per heavy atom. The van der Waals surface area contributed by atoms with Crippen LogP contribution in [0.5, 0.6) is 0 Å². The van der Waals surface area contributed by atoms with Gasteiger partial charge in [-0.25, -0.2) is 0 Å². The molecule has 0 heterocycles. The summed E-state index contributed by atoms with van der Waals surface area (Å²) < 4.78 is 0. The third-order valence-corrected chi connectivity index (χ3v) is 4.49. The van der Waals surface area contributed by atoms with Gasteiger partial charge in [-0.3, -0.25) is 0 Å². The molecule has 0 unspecified atom stereocenters. The van der Waals surface area contributed by atoms with E-state index in [0.717, 1.165) is 12.5 Å². The van der Waals surface area contributed by atoms with E-state index in [1.165, 1.54) is 19.3 Å². The van der Waals surface area contributed by atoms with Gasteiger partial charge in [0.25, 0.3) is 0 Å². The van der Waals surface area contributed by atoms with Crippen molar-refractivity contribution in [1.29, 1.82) is 0 Å². The molecule has 0 aliphatic rings. The van der Waals surface area contributed by atoms with Crippen molar-refractivity contribution in [3.05, 3.63) is 0 Å². The van der Waals surface area contributed by atoms with Crippen LogP contribution >= 0.6 is 33.2 Å². The van der Waals surface area contributed by atoms with Gasteiger partial charge < -0.3 is 0 Å². The summed E-state index contributed by atoms with van der Waals surface area (Å²) in [6, 6.07) is -1.55. The largest absolute Gasteiger partial charge is 0.341 e. The zero-order chi connectivity index (χ0) is 9.61. The molecule has 0 spiro atoms. The molecule has 4 heteroatoms. The standard InChI is InChI=1S/C8H17Cl3Si/c1-3-5-6-8(4-2)7-12(9,10)11/h8H,3-7H2,1-2H3/t8-/m1/s1. The van der Waals surface area contributed by atoms with Crippen LogP contribution in [0.2, 0.25) is 6.04 Å². The Labute approximate surface area is 90.7 Å². The highest BCUT2D eigenvalue weighted by atomic mass is 35.8. The number of hydrogen-bond donors (Lipinski definition) is 0. The predicted octanol–water partition coefficient (Wildman–Crippen LogP) is 4.86. The van der Waals surface area contributed by atoms with Crippen molar-refractivity contribution in [1.82, 2.24) is 0 Å².